The molecule has 7 nitrogen and oxygen atoms in total. The summed E-state index contributed by atoms with van der Waals surface area (Å²) >= 11 is 5.80. The van der Waals surface area contributed by atoms with Gasteiger partial charge in [-0.25, -0.2) is 0 Å². The van der Waals surface area contributed by atoms with Gasteiger partial charge in [0.05, 0.1) is 29.3 Å². The zero-order valence-corrected chi connectivity index (χ0v) is 13.9. The standard InChI is InChI=1S/C12H16ClFNO6P/c1-4-7(2)21-22(18,19)6-8-5-9(13)12(20-3)11(10(8)14)15(16)17/h5,7H,4,6H2,1-3H3,(H,18,19). The van der Waals surface area contributed by atoms with Gasteiger partial charge in [0.25, 0.3) is 0 Å². The lowest BCUT2D eigenvalue weighted by Gasteiger charge is -2.17. The first-order valence-electron chi connectivity index (χ1n) is 6.32. The number of halogens is 2. The topological polar surface area (TPSA) is 98.9 Å². The Morgan fingerprint density at radius 3 is 2.64 bits per heavy atom. The lowest BCUT2D eigenvalue weighted by atomic mass is 10.2. The van der Waals surface area contributed by atoms with Crippen molar-refractivity contribution in [3.05, 3.63) is 32.6 Å². The van der Waals surface area contributed by atoms with Crippen LogP contribution in [-0.4, -0.2) is 23.0 Å². The van der Waals surface area contributed by atoms with Crippen LogP contribution in [0.15, 0.2) is 6.07 Å². The highest BCUT2D eigenvalue weighted by Crippen LogP contribution is 2.50. The molecule has 0 amide bonds. The third-order valence-corrected chi connectivity index (χ3v) is 4.61. The summed E-state index contributed by atoms with van der Waals surface area (Å²) in [5, 5.41) is 10.7. The minimum atomic E-state index is -4.17. The highest BCUT2D eigenvalue weighted by molar-refractivity contribution is 7.52. The predicted octanol–water partition coefficient (Wildman–Crippen LogP) is 3.90. The second-order valence-corrected chi connectivity index (χ2v) is 6.80. The lowest BCUT2D eigenvalue weighted by Crippen LogP contribution is -2.07. The van der Waals surface area contributed by atoms with Crippen LogP contribution < -0.4 is 4.74 Å². The molecule has 124 valence electrons. The third kappa shape index (κ3) is 4.39. The number of nitrogens with zero attached hydrogens (tertiary/aromatic N) is 1. The van der Waals surface area contributed by atoms with Crippen molar-refractivity contribution in [2.24, 2.45) is 0 Å². The maximum atomic E-state index is 14.2. The van der Waals surface area contributed by atoms with Crippen LogP contribution in [-0.2, 0) is 15.3 Å². The monoisotopic (exact) mass is 355 g/mol. The van der Waals surface area contributed by atoms with Gasteiger partial charge in [0.1, 0.15) is 0 Å². The van der Waals surface area contributed by atoms with E-state index in [-0.39, 0.29) is 10.6 Å². The van der Waals surface area contributed by atoms with Crippen LogP contribution in [0.1, 0.15) is 25.8 Å². The first-order chi connectivity index (χ1) is 10.1. The number of methoxy groups -OCH3 is 1. The summed E-state index contributed by atoms with van der Waals surface area (Å²) in [4.78, 5) is 19.7. The Kier molecular flexibility index (Phi) is 6.31. The Balaban J connectivity index is 3.27. The molecule has 10 heteroatoms. The first kappa shape index (κ1) is 18.8. The van der Waals surface area contributed by atoms with Crippen molar-refractivity contribution in [1.82, 2.24) is 0 Å². The molecule has 0 aliphatic rings. The maximum Gasteiger partial charge on any atom is 0.348 e. The molecule has 0 aliphatic heterocycles. The van der Waals surface area contributed by atoms with E-state index in [0.29, 0.717) is 6.42 Å². The van der Waals surface area contributed by atoms with Crippen LogP contribution in [0.5, 0.6) is 5.75 Å². The normalized spacial score (nSPS) is 15.2. The zero-order valence-electron chi connectivity index (χ0n) is 12.2. The molecule has 0 fully saturated rings. The second-order valence-electron chi connectivity index (χ2n) is 4.59. The van der Waals surface area contributed by atoms with E-state index >= 15 is 0 Å². The fourth-order valence-corrected chi connectivity index (χ4v) is 3.47. The van der Waals surface area contributed by atoms with E-state index in [1.165, 1.54) is 0 Å². The average Bonchev–Trinajstić information content (AvgIpc) is 2.40. The Hall–Kier alpha value is -1.21. The van der Waals surface area contributed by atoms with Gasteiger partial charge in [-0.3, -0.25) is 14.7 Å². The predicted molar refractivity (Wildman–Crippen MR) is 79.0 cm³/mol. The zero-order chi connectivity index (χ0) is 17.1. The summed E-state index contributed by atoms with van der Waals surface area (Å²) in [5.74, 6) is -1.71. The SMILES string of the molecule is CCC(C)OP(=O)(O)Cc1cc(Cl)c(OC)c([N+](=O)[O-])c1F. The number of nitro benzene ring substituents is 1. The Labute approximate surface area is 131 Å². The minimum Gasteiger partial charge on any atom is -0.489 e. The molecule has 0 bridgehead atoms. The summed E-state index contributed by atoms with van der Waals surface area (Å²) in [6.45, 7) is 3.34. The van der Waals surface area contributed by atoms with Crippen molar-refractivity contribution >= 4 is 24.9 Å². The summed E-state index contributed by atoms with van der Waals surface area (Å²) in [6.07, 6.45) is -0.757. The van der Waals surface area contributed by atoms with Crippen LogP contribution in [0.25, 0.3) is 0 Å². The van der Waals surface area contributed by atoms with Gasteiger partial charge in [-0.1, -0.05) is 18.5 Å². The molecule has 1 N–H and O–H groups in total. The molecular formula is C12H16ClFNO6P. The number of nitro groups is 1. The number of benzene rings is 1. The molecule has 0 spiro atoms. The molecule has 1 rings (SSSR count). The van der Waals surface area contributed by atoms with Crippen molar-refractivity contribution in [3.8, 4) is 5.75 Å². The van der Waals surface area contributed by atoms with Gasteiger partial charge in [-0.15, -0.1) is 0 Å². The van der Waals surface area contributed by atoms with Crippen molar-refractivity contribution in [3.63, 3.8) is 0 Å². The van der Waals surface area contributed by atoms with E-state index < -0.39 is 42.0 Å². The summed E-state index contributed by atoms with van der Waals surface area (Å²) in [5.41, 5.74) is -1.36. The van der Waals surface area contributed by atoms with Gasteiger partial charge >= 0.3 is 13.3 Å². The van der Waals surface area contributed by atoms with E-state index in [2.05, 4.69) is 0 Å². The average molecular weight is 356 g/mol. The van der Waals surface area contributed by atoms with Crippen molar-refractivity contribution in [2.75, 3.05) is 7.11 Å². The summed E-state index contributed by atoms with van der Waals surface area (Å²) < 4.78 is 35.9. The molecule has 0 radical (unpaired) electrons. The molecule has 0 heterocycles. The van der Waals surface area contributed by atoms with Gasteiger partial charge < -0.3 is 14.2 Å². The number of ether oxygens (including phenoxy) is 1. The minimum absolute atomic E-state index is 0.228. The quantitative estimate of drug-likeness (QED) is 0.452. The molecule has 22 heavy (non-hydrogen) atoms. The number of rotatable bonds is 7. The summed E-state index contributed by atoms with van der Waals surface area (Å²) in [6, 6.07) is 1.02. The van der Waals surface area contributed by atoms with Crippen molar-refractivity contribution < 1.29 is 28.0 Å². The van der Waals surface area contributed by atoms with Crippen LogP contribution >= 0.6 is 19.2 Å². The molecule has 1 aromatic carbocycles. The van der Waals surface area contributed by atoms with Crippen LogP contribution in [0.4, 0.5) is 10.1 Å². The number of hydrogen-bond acceptors (Lipinski definition) is 5. The van der Waals surface area contributed by atoms with E-state index in [1.807, 2.05) is 0 Å². The molecule has 0 saturated heterocycles. The van der Waals surface area contributed by atoms with Gasteiger partial charge in [0, 0.05) is 5.56 Å². The fourth-order valence-electron chi connectivity index (χ4n) is 1.73. The smallest absolute Gasteiger partial charge is 0.348 e. The largest absolute Gasteiger partial charge is 0.489 e. The Bertz CT molecular complexity index is 626. The van der Waals surface area contributed by atoms with Crippen molar-refractivity contribution in [2.45, 2.75) is 32.5 Å². The Morgan fingerprint density at radius 2 is 2.18 bits per heavy atom. The third-order valence-electron chi connectivity index (χ3n) is 2.90. The van der Waals surface area contributed by atoms with Crippen LogP contribution in [0, 0.1) is 15.9 Å². The second kappa shape index (κ2) is 7.37. The highest BCUT2D eigenvalue weighted by Gasteiger charge is 2.32. The van der Waals surface area contributed by atoms with Gasteiger partial charge in [0.15, 0.2) is 0 Å². The molecule has 1 aromatic rings. The molecule has 2 unspecified atom stereocenters. The van der Waals surface area contributed by atoms with Crippen molar-refractivity contribution in [1.29, 1.82) is 0 Å². The lowest BCUT2D eigenvalue weighted by molar-refractivity contribution is -0.388. The Morgan fingerprint density at radius 1 is 1.59 bits per heavy atom. The van der Waals surface area contributed by atoms with Gasteiger partial charge in [0.2, 0.25) is 11.6 Å². The fraction of sp³-hybridized carbons (Fsp3) is 0.500. The van der Waals surface area contributed by atoms with Crippen LogP contribution in [0.2, 0.25) is 5.02 Å². The molecule has 0 saturated carbocycles. The van der Waals surface area contributed by atoms with Gasteiger partial charge in [-0.05, 0) is 19.4 Å². The first-order valence-corrected chi connectivity index (χ1v) is 8.46. The van der Waals surface area contributed by atoms with E-state index in [0.717, 1.165) is 13.2 Å². The molecule has 2 atom stereocenters. The maximum absolute atomic E-state index is 14.2. The molecule has 0 aromatic heterocycles. The molecule has 0 aliphatic carbocycles. The number of hydrogen-bond donors (Lipinski definition) is 1. The molecular weight excluding hydrogens is 340 g/mol. The van der Waals surface area contributed by atoms with Crippen LogP contribution in [0.3, 0.4) is 0 Å². The van der Waals surface area contributed by atoms with E-state index in [9.17, 15) is 24.0 Å². The van der Waals surface area contributed by atoms with Gasteiger partial charge in [-0.2, -0.15) is 4.39 Å². The van der Waals surface area contributed by atoms with E-state index in [1.54, 1.807) is 13.8 Å². The summed E-state index contributed by atoms with van der Waals surface area (Å²) in [7, 11) is -3.06. The van der Waals surface area contributed by atoms with E-state index in [4.69, 9.17) is 20.9 Å². The highest BCUT2D eigenvalue weighted by atomic mass is 35.5.